The quantitative estimate of drug-likeness (QED) is 0.724. The first kappa shape index (κ1) is 14.0. The predicted octanol–water partition coefficient (Wildman–Crippen LogP) is 3.41. The third-order valence-corrected chi connectivity index (χ3v) is 3.80. The number of hydrogen-bond donors (Lipinski definition) is 2. The Bertz CT molecular complexity index is 136. The van der Waals surface area contributed by atoms with E-state index in [-0.39, 0.29) is 0 Å². The van der Waals surface area contributed by atoms with Crippen molar-refractivity contribution in [3.05, 3.63) is 0 Å². The molecule has 0 amide bonds. The van der Waals surface area contributed by atoms with E-state index >= 15 is 0 Å². The van der Waals surface area contributed by atoms with Gasteiger partial charge in [0.05, 0.1) is 0 Å². The van der Waals surface area contributed by atoms with Crippen molar-refractivity contribution in [3.8, 4) is 0 Å². The first-order chi connectivity index (χ1) is 7.93. The Morgan fingerprint density at radius 2 is 1.19 bits per heavy atom. The predicted molar refractivity (Wildman–Crippen MR) is 71.3 cm³/mol. The maximum Gasteiger partial charge on any atom is 0.0428 e. The van der Waals surface area contributed by atoms with Gasteiger partial charge in [-0.2, -0.15) is 0 Å². The molecule has 2 heteroatoms. The first-order valence-electron chi connectivity index (χ1n) is 7.34. The summed E-state index contributed by atoms with van der Waals surface area (Å²) < 4.78 is 0. The third-order valence-electron chi connectivity index (χ3n) is 3.80. The molecule has 1 fully saturated rings. The van der Waals surface area contributed by atoms with Crippen molar-refractivity contribution in [2.24, 2.45) is 11.7 Å². The van der Waals surface area contributed by atoms with Gasteiger partial charge in [-0.05, 0) is 25.3 Å². The molecule has 0 aromatic rings. The molecule has 0 bridgehead atoms. The number of nitrogens with two attached hydrogens (primary N) is 1. The van der Waals surface area contributed by atoms with Gasteiger partial charge >= 0.3 is 0 Å². The Kier molecular flexibility index (Phi) is 8.83. The number of rotatable bonds is 3. The topological polar surface area (TPSA) is 38.0 Å². The highest BCUT2D eigenvalue weighted by Crippen LogP contribution is 2.20. The summed E-state index contributed by atoms with van der Waals surface area (Å²) in [6.45, 7) is 1.77. The molecule has 96 valence electrons. The molecule has 2 nitrogen and oxygen atoms in total. The largest absolute Gasteiger partial charge is 0.318 e. The van der Waals surface area contributed by atoms with Crippen LogP contribution in [0.5, 0.6) is 0 Å². The Labute approximate surface area is 101 Å². The van der Waals surface area contributed by atoms with Crippen LogP contribution in [0.25, 0.3) is 0 Å². The summed E-state index contributed by atoms with van der Waals surface area (Å²) in [6.07, 6.45) is 15.9. The van der Waals surface area contributed by atoms with E-state index in [1.807, 2.05) is 0 Å². The third kappa shape index (κ3) is 7.24. The molecule has 16 heavy (non-hydrogen) atoms. The summed E-state index contributed by atoms with van der Waals surface area (Å²) in [5.41, 5.74) is 5.51. The lowest BCUT2D eigenvalue weighted by atomic mass is 9.93. The van der Waals surface area contributed by atoms with Gasteiger partial charge in [-0.1, -0.05) is 57.8 Å². The lowest BCUT2D eigenvalue weighted by Crippen LogP contribution is -2.28. The van der Waals surface area contributed by atoms with E-state index in [1.165, 1.54) is 70.6 Å². The first-order valence-corrected chi connectivity index (χ1v) is 7.34. The normalized spacial score (nSPS) is 22.3. The fraction of sp³-hybridized carbons (Fsp3) is 1.00. The van der Waals surface area contributed by atoms with Crippen LogP contribution in [0.15, 0.2) is 0 Å². The van der Waals surface area contributed by atoms with Crippen LogP contribution in [0.4, 0.5) is 0 Å². The fourth-order valence-corrected chi connectivity index (χ4v) is 2.74. The minimum atomic E-state index is 0.635. The van der Waals surface area contributed by atoms with Crippen molar-refractivity contribution in [3.63, 3.8) is 0 Å². The standard InChI is InChI=1S/C14H30N2/c15-13-16-12-14-10-8-6-4-2-1-3-5-7-9-11-14/h14,16H,1-13,15H2. The summed E-state index contributed by atoms with van der Waals surface area (Å²) in [4.78, 5) is 0. The summed E-state index contributed by atoms with van der Waals surface area (Å²) in [5, 5.41) is 3.31. The van der Waals surface area contributed by atoms with E-state index < -0.39 is 0 Å². The van der Waals surface area contributed by atoms with Crippen LogP contribution in [0, 0.1) is 5.92 Å². The minimum Gasteiger partial charge on any atom is -0.318 e. The van der Waals surface area contributed by atoms with Crippen molar-refractivity contribution < 1.29 is 0 Å². The Morgan fingerprint density at radius 1 is 0.750 bits per heavy atom. The van der Waals surface area contributed by atoms with Crippen LogP contribution in [-0.4, -0.2) is 13.2 Å². The molecule has 0 saturated heterocycles. The van der Waals surface area contributed by atoms with Crippen LogP contribution in [-0.2, 0) is 0 Å². The van der Waals surface area contributed by atoms with Crippen LogP contribution < -0.4 is 11.1 Å². The molecular weight excluding hydrogens is 196 g/mol. The van der Waals surface area contributed by atoms with Gasteiger partial charge in [0.2, 0.25) is 0 Å². The summed E-state index contributed by atoms with van der Waals surface area (Å²) in [7, 11) is 0. The van der Waals surface area contributed by atoms with Crippen LogP contribution in [0.2, 0.25) is 0 Å². The van der Waals surface area contributed by atoms with Gasteiger partial charge in [-0.25, -0.2) is 0 Å². The highest BCUT2D eigenvalue weighted by Gasteiger charge is 2.08. The SMILES string of the molecule is NCNCC1CCCCCCCCCCC1. The molecule has 0 aliphatic heterocycles. The highest BCUT2D eigenvalue weighted by atomic mass is 14.9. The second-order valence-corrected chi connectivity index (χ2v) is 5.28. The molecule has 0 aromatic heterocycles. The maximum absolute atomic E-state index is 5.51. The number of nitrogens with one attached hydrogen (secondary N) is 1. The van der Waals surface area contributed by atoms with Crippen molar-refractivity contribution >= 4 is 0 Å². The lowest BCUT2D eigenvalue weighted by molar-refractivity contribution is 0.377. The molecule has 1 rings (SSSR count). The molecule has 0 spiro atoms. The van der Waals surface area contributed by atoms with E-state index in [0.29, 0.717) is 6.67 Å². The summed E-state index contributed by atoms with van der Waals surface area (Å²) in [6, 6.07) is 0. The Morgan fingerprint density at radius 3 is 1.62 bits per heavy atom. The zero-order chi connectivity index (χ0) is 11.5. The molecule has 1 aliphatic rings. The molecule has 0 radical (unpaired) electrons. The van der Waals surface area contributed by atoms with E-state index in [0.717, 1.165) is 12.5 Å². The van der Waals surface area contributed by atoms with Crippen molar-refractivity contribution in [1.82, 2.24) is 5.32 Å². The second-order valence-electron chi connectivity index (χ2n) is 5.28. The summed E-state index contributed by atoms with van der Waals surface area (Å²) >= 11 is 0. The van der Waals surface area contributed by atoms with Crippen LogP contribution in [0.3, 0.4) is 0 Å². The van der Waals surface area contributed by atoms with Gasteiger partial charge in [0, 0.05) is 6.67 Å². The molecule has 1 saturated carbocycles. The van der Waals surface area contributed by atoms with Crippen LogP contribution >= 0.6 is 0 Å². The van der Waals surface area contributed by atoms with Gasteiger partial charge in [0.25, 0.3) is 0 Å². The fourth-order valence-electron chi connectivity index (χ4n) is 2.74. The smallest absolute Gasteiger partial charge is 0.0428 e. The van der Waals surface area contributed by atoms with Gasteiger partial charge in [0.15, 0.2) is 0 Å². The molecular formula is C14H30N2. The average Bonchev–Trinajstić information content (AvgIpc) is 2.28. The minimum absolute atomic E-state index is 0.635. The molecule has 0 unspecified atom stereocenters. The molecule has 0 aromatic carbocycles. The van der Waals surface area contributed by atoms with E-state index in [9.17, 15) is 0 Å². The maximum atomic E-state index is 5.51. The van der Waals surface area contributed by atoms with Gasteiger partial charge in [-0.15, -0.1) is 0 Å². The Hall–Kier alpha value is -0.0800. The zero-order valence-electron chi connectivity index (χ0n) is 10.8. The van der Waals surface area contributed by atoms with Crippen molar-refractivity contribution in [1.29, 1.82) is 0 Å². The van der Waals surface area contributed by atoms with Gasteiger partial charge in [-0.3, -0.25) is 0 Å². The van der Waals surface area contributed by atoms with Gasteiger partial charge < -0.3 is 11.1 Å². The zero-order valence-corrected chi connectivity index (χ0v) is 10.8. The lowest BCUT2D eigenvalue weighted by Gasteiger charge is -2.17. The van der Waals surface area contributed by atoms with E-state index in [4.69, 9.17) is 5.73 Å². The highest BCUT2D eigenvalue weighted by molar-refractivity contribution is 4.64. The van der Waals surface area contributed by atoms with Crippen LogP contribution in [0.1, 0.15) is 70.6 Å². The van der Waals surface area contributed by atoms with Crippen molar-refractivity contribution in [2.75, 3.05) is 13.2 Å². The molecule has 1 aliphatic carbocycles. The molecule has 0 atom stereocenters. The number of hydrogen-bond acceptors (Lipinski definition) is 2. The monoisotopic (exact) mass is 226 g/mol. The van der Waals surface area contributed by atoms with E-state index in [1.54, 1.807) is 0 Å². The molecule has 0 heterocycles. The summed E-state index contributed by atoms with van der Waals surface area (Å²) in [5.74, 6) is 0.878. The Balaban J connectivity index is 2.19. The average molecular weight is 226 g/mol. The van der Waals surface area contributed by atoms with Crippen molar-refractivity contribution in [2.45, 2.75) is 70.6 Å². The second kappa shape index (κ2) is 10.1. The molecule has 3 N–H and O–H groups in total. The van der Waals surface area contributed by atoms with Gasteiger partial charge in [0.1, 0.15) is 0 Å². The van der Waals surface area contributed by atoms with E-state index in [2.05, 4.69) is 5.32 Å².